The highest BCUT2D eigenvalue weighted by atomic mass is 14.7. The van der Waals surface area contributed by atoms with Gasteiger partial charge in [0.1, 0.15) is 0 Å². The summed E-state index contributed by atoms with van der Waals surface area (Å²) >= 11 is 0. The second-order valence-corrected chi connectivity index (χ2v) is 10.7. The van der Waals surface area contributed by atoms with Crippen LogP contribution in [0.4, 0.5) is 0 Å². The Kier molecular flexibility index (Phi) is 5.82. The highest BCUT2D eigenvalue weighted by molar-refractivity contribution is 6.14. The minimum atomic E-state index is 0.979. The fraction of sp³-hybridized carbons (Fsp3) is 0. The molecule has 2 heteroatoms. The molecule has 196 valence electrons. The normalized spacial score (nSPS) is 11.3. The molecule has 0 unspecified atom stereocenters. The van der Waals surface area contributed by atoms with Crippen molar-refractivity contribution in [3.05, 3.63) is 158 Å². The van der Waals surface area contributed by atoms with E-state index in [2.05, 4.69) is 145 Å². The van der Waals surface area contributed by atoms with Crippen molar-refractivity contribution < 1.29 is 0 Å². The molecule has 2 heterocycles. The molecule has 0 saturated carbocycles. The van der Waals surface area contributed by atoms with Crippen molar-refractivity contribution in [2.75, 3.05) is 0 Å². The van der Waals surface area contributed by atoms with Gasteiger partial charge in [-0.2, -0.15) is 0 Å². The van der Waals surface area contributed by atoms with E-state index < -0.39 is 0 Å². The van der Waals surface area contributed by atoms with Crippen LogP contribution in [-0.4, -0.2) is 9.97 Å². The van der Waals surface area contributed by atoms with Crippen LogP contribution in [0.5, 0.6) is 0 Å². The largest absolute Gasteiger partial charge is 0.264 e. The molecule has 0 radical (unpaired) electrons. The summed E-state index contributed by atoms with van der Waals surface area (Å²) in [6.45, 7) is 0. The first-order valence-corrected chi connectivity index (χ1v) is 14.2. The number of rotatable bonds is 4. The van der Waals surface area contributed by atoms with E-state index >= 15 is 0 Å². The maximum absolute atomic E-state index is 5.12. The molecule has 0 saturated heterocycles. The van der Waals surface area contributed by atoms with E-state index in [0.717, 1.165) is 16.8 Å². The fourth-order valence-electron chi connectivity index (χ4n) is 6.07. The zero-order valence-corrected chi connectivity index (χ0v) is 22.9. The number of fused-ring (bicyclic) bond motifs is 4. The predicted octanol–water partition coefficient (Wildman–Crippen LogP) is 10.6. The van der Waals surface area contributed by atoms with Crippen LogP contribution in [0.1, 0.15) is 0 Å². The number of pyridine rings is 2. The van der Waals surface area contributed by atoms with Crippen molar-refractivity contribution in [2.45, 2.75) is 0 Å². The maximum Gasteiger partial charge on any atom is 0.0722 e. The molecule has 8 aromatic rings. The van der Waals surface area contributed by atoms with Gasteiger partial charge in [-0.25, -0.2) is 4.98 Å². The van der Waals surface area contributed by atoms with Gasteiger partial charge in [-0.1, -0.05) is 121 Å². The second-order valence-electron chi connectivity index (χ2n) is 10.7. The van der Waals surface area contributed by atoms with E-state index in [1.54, 1.807) is 0 Å². The molecular weight excluding hydrogens is 508 g/mol. The lowest BCUT2D eigenvalue weighted by Crippen LogP contribution is -1.91. The van der Waals surface area contributed by atoms with Crippen molar-refractivity contribution >= 4 is 32.4 Å². The molecule has 42 heavy (non-hydrogen) atoms. The van der Waals surface area contributed by atoms with Gasteiger partial charge in [-0.15, -0.1) is 0 Å². The summed E-state index contributed by atoms with van der Waals surface area (Å²) in [4.78, 5) is 9.48. The summed E-state index contributed by atoms with van der Waals surface area (Å²) < 4.78 is 0. The average molecular weight is 535 g/mol. The fourth-order valence-corrected chi connectivity index (χ4v) is 6.07. The molecule has 0 fully saturated rings. The van der Waals surface area contributed by atoms with Gasteiger partial charge in [0.15, 0.2) is 0 Å². The van der Waals surface area contributed by atoms with Gasteiger partial charge in [-0.05, 0) is 73.8 Å². The standard InChI is InChI=1S/C40H26N2/c1-2-9-31(10-3-1)39-25-36(40-35-14-5-4-8-28(35)20-21-38(40)42-39)33-13-6-12-32(24-33)27-16-18-30(19-17-27)34-15-7-11-29-22-23-41-26-37(29)34/h1-26H. The lowest BCUT2D eigenvalue weighted by atomic mass is 9.92. The lowest BCUT2D eigenvalue weighted by Gasteiger charge is -2.14. The van der Waals surface area contributed by atoms with Crippen LogP contribution >= 0.6 is 0 Å². The molecule has 0 N–H and O–H groups in total. The van der Waals surface area contributed by atoms with E-state index in [9.17, 15) is 0 Å². The molecular formula is C40H26N2. The molecule has 0 amide bonds. The van der Waals surface area contributed by atoms with Gasteiger partial charge in [0.05, 0.1) is 11.2 Å². The first-order chi connectivity index (χ1) is 20.8. The monoisotopic (exact) mass is 534 g/mol. The predicted molar refractivity (Wildman–Crippen MR) is 176 cm³/mol. The van der Waals surface area contributed by atoms with E-state index in [-0.39, 0.29) is 0 Å². The summed E-state index contributed by atoms with van der Waals surface area (Å²) in [7, 11) is 0. The molecule has 0 aliphatic carbocycles. The third-order valence-electron chi connectivity index (χ3n) is 8.15. The number of aromatic nitrogens is 2. The highest BCUT2D eigenvalue weighted by Crippen LogP contribution is 2.38. The van der Waals surface area contributed by atoms with Crippen molar-refractivity contribution in [3.8, 4) is 44.6 Å². The van der Waals surface area contributed by atoms with Gasteiger partial charge in [0.25, 0.3) is 0 Å². The topological polar surface area (TPSA) is 25.8 Å². The molecule has 6 aromatic carbocycles. The highest BCUT2D eigenvalue weighted by Gasteiger charge is 2.14. The van der Waals surface area contributed by atoms with Crippen LogP contribution in [0.15, 0.2) is 158 Å². The van der Waals surface area contributed by atoms with E-state index in [1.807, 2.05) is 18.5 Å². The second kappa shape index (κ2) is 10.1. The summed E-state index contributed by atoms with van der Waals surface area (Å²) in [5, 5.41) is 5.99. The first-order valence-electron chi connectivity index (χ1n) is 14.2. The van der Waals surface area contributed by atoms with Crippen LogP contribution in [-0.2, 0) is 0 Å². The Hall–Kier alpha value is -5.60. The zero-order chi connectivity index (χ0) is 27.9. The van der Waals surface area contributed by atoms with Crippen LogP contribution in [0.25, 0.3) is 77.1 Å². The Morgan fingerprint density at radius 3 is 2.02 bits per heavy atom. The molecule has 0 atom stereocenters. The Labute approximate surface area is 244 Å². The third kappa shape index (κ3) is 4.22. The average Bonchev–Trinajstić information content (AvgIpc) is 3.08. The summed E-state index contributed by atoms with van der Waals surface area (Å²) in [6.07, 6.45) is 3.80. The minimum Gasteiger partial charge on any atom is -0.264 e. The molecule has 0 aliphatic rings. The Balaban J connectivity index is 1.27. The van der Waals surface area contributed by atoms with Gasteiger partial charge >= 0.3 is 0 Å². The van der Waals surface area contributed by atoms with Gasteiger partial charge in [0, 0.05) is 28.7 Å². The maximum atomic E-state index is 5.12. The van der Waals surface area contributed by atoms with Crippen LogP contribution in [0.2, 0.25) is 0 Å². The van der Waals surface area contributed by atoms with Crippen LogP contribution < -0.4 is 0 Å². The summed E-state index contributed by atoms with van der Waals surface area (Å²) in [5.41, 5.74) is 10.2. The molecule has 0 aliphatic heterocycles. The van der Waals surface area contributed by atoms with Gasteiger partial charge < -0.3 is 0 Å². The number of benzene rings is 6. The lowest BCUT2D eigenvalue weighted by molar-refractivity contribution is 1.36. The zero-order valence-electron chi connectivity index (χ0n) is 22.9. The van der Waals surface area contributed by atoms with Crippen molar-refractivity contribution in [3.63, 3.8) is 0 Å². The minimum absolute atomic E-state index is 0.979. The Morgan fingerprint density at radius 1 is 0.405 bits per heavy atom. The molecule has 8 rings (SSSR count). The quantitative estimate of drug-likeness (QED) is 0.210. The van der Waals surface area contributed by atoms with Crippen LogP contribution in [0.3, 0.4) is 0 Å². The van der Waals surface area contributed by atoms with E-state index in [0.29, 0.717) is 0 Å². The van der Waals surface area contributed by atoms with Crippen LogP contribution in [0, 0.1) is 0 Å². The van der Waals surface area contributed by atoms with Crippen molar-refractivity contribution in [1.82, 2.24) is 9.97 Å². The summed E-state index contributed by atoms with van der Waals surface area (Å²) in [6, 6.07) is 51.8. The Bertz CT molecular complexity index is 2230. The number of hydrogen-bond acceptors (Lipinski definition) is 2. The van der Waals surface area contributed by atoms with E-state index in [4.69, 9.17) is 4.98 Å². The molecule has 2 nitrogen and oxygen atoms in total. The van der Waals surface area contributed by atoms with Gasteiger partial charge in [-0.3, -0.25) is 4.98 Å². The van der Waals surface area contributed by atoms with Crippen molar-refractivity contribution in [2.24, 2.45) is 0 Å². The number of nitrogens with zero attached hydrogens (tertiary/aromatic N) is 2. The molecule has 0 spiro atoms. The van der Waals surface area contributed by atoms with Gasteiger partial charge in [0.2, 0.25) is 0 Å². The summed E-state index contributed by atoms with van der Waals surface area (Å²) in [5.74, 6) is 0. The van der Waals surface area contributed by atoms with E-state index in [1.165, 1.54) is 60.3 Å². The molecule has 2 aromatic heterocycles. The Morgan fingerprint density at radius 2 is 1.12 bits per heavy atom. The first kappa shape index (κ1) is 24.2. The third-order valence-corrected chi connectivity index (χ3v) is 8.15. The molecule has 0 bridgehead atoms. The SMILES string of the molecule is c1ccc(-c2cc(-c3cccc(-c4ccc(-c5cccc6ccncc56)cc4)c3)c3c(ccc4ccccc43)n2)cc1. The number of hydrogen-bond donors (Lipinski definition) is 0. The van der Waals surface area contributed by atoms with Crippen molar-refractivity contribution in [1.29, 1.82) is 0 Å². The smallest absolute Gasteiger partial charge is 0.0722 e.